The van der Waals surface area contributed by atoms with Crippen molar-refractivity contribution in [1.29, 1.82) is 0 Å². The third-order valence-corrected chi connectivity index (χ3v) is 3.67. The molecule has 2 aromatic rings. The van der Waals surface area contributed by atoms with E-state index in [9.17, 15) is 0 Å². The molecule has 2 rings (SSSR count). The number of rotatable bonds is 7. The SMILES string of the molecule is Cc1cnc(SCCCOc2ccc(CN)cc2)nc1. The minimum absolute atomic E-state index is 0.563. The highest BCUT2D eigenvalue weighted by Crippen LogP contribution is 2.15. The minimum atomic E-state index is 0.563. The van der Waals surface area contributed by atoms with Gasteiger partial charge < -0.3 is 10.5 Å². The number of ether oxygens (including phenoxy) is 1. The van der Waals surface area contributed by atoms with Crippen LogP contribution in [-0.2, 0) is 6.54 Å². The molecule has 2 N–H and O–H groups in total. The normalized spacial score (nSPS) is 10.5. The molecule has 0 aliphatic heterocycles. The summed E-state index contributed by atoms with van der Waals surface area (Å²) < 4.78 is 5.67. The summed E-state index contributed by atoms with van der Waals surface area (Å²) in [7, 11) is 0. The summed E-state index contributed by atoms with van der Waals surface area (Å²) in [5, 5.41) is 0.822. The number of hydrogen-bond acceptors (Lipinski definition) is 5. The maximum Gasteiger partial charge on any atom is 0.187 e. The van der Waals surface area contributed by atoms with E-state index in [-0.39, 0.29) is 0 Å². The van der Waals surface area contributed by atoms with Gasteiger partial charge in [0.05, 0.1) is 6.61 Å². The first-order chi connectivity index (χ1) is 9.78. The van der Waals surface area contributed by atoms with Crippen molar-refractivity contribution >= 4 is 11.8 Å². The first kappa shape index (κ1) is 14.8. The molecule has 0 amide bonds. The number of benzene rings is 1. The van der Waals surface area contributed by atoms with E-state index in [1.54, 1.807) is 11.8 Å². The lowest BCUT2D eigenvalue weighted by atomic mass is 10.2. The van der Waals surface area contributed by atoms with Gasteiger partial charge in [-0.05, 0) is 36.6 Å². The molecule has 20 heavy (non-hydrogen) atoms. The second-order valence-electron chi connectivity index (χ2n) is 4.44. The van der Waals surface area contributed by atoms with Gasteiger partial charge in [0.15, 0.2) is 5.16 Å². The van der Waals surface area contributed by atoms with Crippen LogP contribution in [0.15, 0.2) is 41.8 Å². The standard InChI is InChI=1S/C15H19N3OS/c1-12-10-17-15(18-11-12)20-8-2-7-19-14-5-3-13(9-16)4-6-14/h3-6,10-11H,2,7-9,16H2,1H3. The molecule has 1 heterocycles. The van der Waals surface area contributed by atoms with Crippen molar-refractivity contribution in [2.75, 3.05) is 12.4 Å². The van der Waals surface area contributed by atoms with Gasteiger partial charge in [-0.2, -0.15) is 0 Å². The van der Waals surface area contributed by atoms with Gasteiger partial charge in [-0.15, -0.1) is 0 Å². The third-order valence-electron chi connectivity index (χ3n) is 2.70. The molecule has 0 aliphatic carbocycles. The first-order valence-corrected chi connectivity index (χ1v) is 7.60. The Morgan fingerprint density at radius 2 is 1.85 bits per heavy atom. The van der Waals surface area contributed by atoms with Gasteiger partial charge in [0.25, 0.3) is 0 Å². The van der Waals surface area contributed by atoms with Crippen LogP contribution >= 0.6 is 11.8 Å². The van der Waals surface area contributed by atoms with E-state index in [0.29, 0.717) is 13.2 Å². The highest BCUT2D eigenvalue weighted by Gasteiger charge is 1.98. The molecule has 0 radical (unpaired) electrons. The van der Waals surface area contributed by atoms with Gasteiger partial charge in [-0.3, -0.25) is 0 Å². The number of nitrogens with two attached hydrogens (primary N) is 1. The predicted molar refractivity (Wildman–Crippen MR) is 81.9 cm³/mol. The van der Waals surface area contributed by atoms with Crippen molar-refractivity contribution in [3.05, 3.63) is 47.8 Å². The zero-order valence-electron chi connectivity index (χ0n) is 11.6. The molecule has 0 fully saturated rings. The molecule has 0 saturated carbocycles. The molecule has 0 bridgehead atoms. The maximum atomic E-state index is 5.67. The Balaban J connectivity index is 1.64. The van der Waals surface area contributed by atoms with Gasteiger partial charge in [-0.25, -0.2) is 9.97 Å². The second kappa shape index (κ2) is 7.87. The van der Waals surface area contributed by atoms with Crippen LogP contribution in [0.25, 0.3) is 0 Å². The maximum absolute atomic E-state index is 5.67. The molecule has 0 aliphatic rings. The Labute approximate surface area is 123 Å². The molecule has 4 nitrogen and oxygen atoms in total. The van der Waals surface area contributed by atoms with Gasteiger partial charge >= 0.3 is 0 Å². The Kier molecular flexibility index (Phi) is 5.83. The fourth-order valence-corrected chi connectivity index (χ4v) is 2.29. The predicted octanol–water partition coefficient (Wildman–Crippen LogP) is 2.80. The summed E-state index contributed by atoms with van der Waals surface area (Å²) in [5.41, 5.74) is 7.75. The number of nitrogens with zero attached hydrogens (tertiary/aromatic N) is 2. The van der Waals surface area contributed by atoms with Crippen molar-refractivity contribution in [2.24, 2.45) is 5.73 Å². The Morgan fingerprint density at radius 3 is 2.50 bits per heavy atom. The molecule has 1 aromatic carbocycles. The highest BCUT2D eigenvalue weighted by molar-refractivity contribution is 7.99. The van der Waals surface area contributed by atoms with Gasteiger partial charge in [-0.1, -0.05) is 23.9 Å². The summed E-state index contributed by atoms with van der Waals surface area (Å²) in [4.78, 5) is 8.50. The zero-order chi connectivity index (χ0) is 14.2. The summed E-state index contributed by atoms with van der Waals surface area (Å²) in [5.74, 6) is 1.84. The van der Waals surface area contributed by atoms with Crippen LogP contribution in [-0.4, -0.2) is 22.3 Å². The van der Waals surface area contributed by atoms with Crippen LogP contribution in [0.4, 0.5) is 0 Å². The summed E-state index contributed by atoms with van der Waals surface area (Å²) in [6.45, 7) is 3.24. The van der Waals surface area contributed by atoms with Gasteiger partial charge in [0, 0.05) is 24.7 Å². The van der Waals surface area contributed by atoms with Crippen molar-refractivity contribution in [3.63, 3.8) is 0 Å². The third kappa shape index (κ3) is 4.83. The van der Waals surface area contributed by atoms with Gasteiger partial charge in [0.1, 0.15) is 5.75 Å². The molecular formula is C15H19N3OS. The highest BCUT2D eigenvalue weighted by atomic mass is 32.2. The lowest BCUT2D eigenvalue weighted by Gasteiger charge is -2.06. The quantitative estimate of drug-likeness (QED) is 0.482. The smallest absolute Gasteiger partial charge is 0.187 e. The average Bonchev–Trinajstić information content (AvgIpc) is 2.49. The van der Waals surface area contributed by atoms with E-state index in [1.807, 2.05) is 43.6 Å². The van der Waals surface area contributed by atoms with E-state index in [1.165, 1.54) is 0 Å². The largest absolute Gasteiger partial charge is 0.494 e. The lowest BCUT2D eigenvalue weighted by Crippen LogP contribution is -2.00. The van der Waals surface area contributed by atoms with Crippen LogP contribution in [0.2, 0.25) is 0 Å². The summed E-state index contributed by atoms with van der Waals surface area (Å²) in [6, 6.07) is 7.89. The van der Waals surface area contributed by atoms with Crippen molar-refractivity contribution in [3.8, 4) is 5.75 Å². The second-order valence-corrected chi connectivity index (χ2v) is 5.50. The van der Waals surface area contributed by atoms with E-state index in [4.69, 9.17) is 10.5 Å². The van der Waals surface area contributed by atoms with E-state index < -0.39 is 0 Å². The number of aryl methyl sites for hydroxylation is 1. The first-order valence-electron chi connectivity index (χ1n) is 6.61. The van der Waals surface area contributed by atoms with Crippen LogP contribution in [0, 0.1) is 6.92 Å². The van der Waals surface area contributed by atoms with Crippen molar-refractivity contribution in [1.82, 2.24) is 9.97 Å². The van der Waals surface area contributed by atoms with Gasteiger partial charge in [0.2, 0.25) is 0 Å². The number of hydrogen-bond donors (Lipinski definition) is 1. The molecule has 0 unspecified atom stereocenters. The Morgan fingerprint density at radius 1 is 1.15 bits per heavy atom. The van der Waals surface area contributed by atoms with Crippen LogP contribution in [0.1, 0.15) is 17.5 Å². The molecule has 0 spiro atoms. The minimum Gasteiger partial charge on any atom is -0.494 e. The van der Waals surface area contributed by atoms with E-state index in [0.717, 1.165) is 34.2 Å². The summed E-state index contributed by atoms with van der Waals surface area (Å²) >= 11 is 1.65. The van der Waals surface area contributed by atoms with E-state index >= 15 is 0 Å². The molecule has 0 saturated heterocycles. The fraction of sp³-hybridized carbons (Fsp3) is 0.333. The lowest BCUT2D eigenvalue weighted by molar-refractivity contribution is 0.318. The fourth-order valence-electron chi connectivity index (χ4n) is 1.59. The van der Waals surface area contributed by atoms with E-state index in [2.05, 4.69) is 9.97 Å². The molecule has 0 atom stereocenters. The summed E-state index contributed by atoms with van der Waals surface area (Å²) in [6.07, 6.45) is 4.64. The number of aromatic nitrogens is 2. The van der Waals surface area contributed by atoms with Crippen LogP contribution in [0.3, 0.4) is 0 Å². The topological polar surface area (TPSA) is 61.0 Å². The monoisotopic (exact) mass is 289 g/mol. The van der Waals surface area contributed by atoms with Crippen LogP contribution in [0.5, 0.6) is 5.75 Å². The number of thioether (sulfide) groups is 1. The van der Waals surface area contributed by atoms with Crippen molar-refractivity contribution < 1.29 is 4.74 Å². The molecule has 1 aromatic heterocycles. The molecule has 106 valence electrons. The zero-order valence-corrected chi connectivity index (χ0v) is 12.4. The average molecular weight is 289 g/mol. The molecular weight excluding hydrogens is 270 g/mol. The molecule has 5 heteroatoms. The van der Waals surface area contributed by atoms with Crippen molar-refractivity contribution in [2.45, 2.75) is 25.0 Å². The Hall–Kier alpha value is -1.59. The Bertz CT molecular complexity index is 514. The van der Waals surface area contributed by atoms with Crippen LogP contribution < -0.4 is 10.5 Å².